The molecule has 0 radical (unpaired) electrons. The molecule has 5 N–H and O–H groups in total. The van der Waals surface area contributed by atoms with Crippen LogP contribution in [0.15, 0.2) is 24.4 Å². The molecule has 0 aliphatic heterocycles. The summed E-state index contributed by atoms with van der Waals surface area (Å²) in [5.74, 6) is 6.55. The average Bonchev–Trinajstić information content (AvgIpc) is 2.50. The van der Waals surface area contributed by atoms with Crippen LogP contribution in [0.3, 0.4) is 0 Å². The normalized spacial score (nSPS) is 12.6. The zero-order valence-electron chi connectivity index (χ0n) is 12.2. The van der Waals surface area contributed by atoms with Gasteiger partial charge in [0.15, 0.2) is 5.82 Å². The van der Waals surface area contributed by atoms with Crippen molar-refractivity contribution in [3.63, 3.8) is 0 Å². The van der Waals surface area contributed by atoms with Crippen LogP contribution in [0, 0.1) is 0 Å². The lowest BCUT2D eigenvalue weighted by atomic mass is 10.2. The minimum atomic E-state index is -0.564. The van der Waals surface area contributed by atoms with E-state index in [2.05, 4.69) is 20.9 Å². The summed E-state index contributed by atoms with van der Waals surface area (Å²) in [5.41, 5.74) is 2.51. The first kappa shape index (κ1) is 15.4. The van der Waals surface area contributed by atoms with Crippen molar-refractivity contribution in [2.24, 2.45) is 5.84 Å². The predicted molar refractivity (Wildman–Crippen MR) is 82.0 cm³/mol. The Morgan fingerprint density at radius 2 is 2.19 bits per heavy atom. The number of hydrogen-bond donors (Lipinski definition) is 4. The molecule has 0 fully saturated rings. The number of aliphatic hydroxyl groups excluding tert-OH is 1. The molecular weight excluding hydrogens is 270 g/mol. The molecule has 1 unspecified atom stereocenters. The molecule has 0 bridgehead atoms. The van der Waals surface area contributed by atoms with Gasteiger partial charge in [-0.05, 0) is 18.2 Å². The lowest BCUT2D eigenvalue weighted by Gasteiger charge is -2.15. The minimum Gasteiger partial charge on any atom is -0.491 e. The summed E-state index contributed by atoms with van der Waals surface area (Å²) in [6.45, 7) is 4.76. The van der Waals surface area contributed by atoms with Gasteiger partial charge in [-0.3, -0.25) is 0 Å². The lowest BCUT2D eigenvalue weighted by Crippen LogP contribution is -2.35. The quantitative estimate of drug-likeness (QED) is 0.438. The number of fused-ring (bicyclic) bond motifs is 1. The molecule has 2 aromatic rings. The maximum Gasteiger partial charge on any atom is 0.170 e. The van der Waals surface area contributed by atoms with Crippen LogP contribution in [-0.2, 0) is 0 Å². The number of aromatic nitrogens is 2. The Labute approximate surface area is 123 Å². The van der Waals surface area contributed by atoms with Crippen LogP contribution in [0.2, 0.25) is 0 Å². The second-order valence-electron chi connectivity index (χ2n) is 5.11. The van der Waals surface area contributed by atoms with Crippen molar-refractivity contribution in [1.82, 2.24) is 15.5 Å². The second kappa shape index (κ2) is 7.16. The molecule has 0 aliphatic rings. The van der Waals surface area contributed by atoms with Crippen LogP contribution < -0.4 is 21.3 Å². The highest BCUT2D eigenvalue weighted by Crippen LogP contribution is 2.24. The molecule has 1 heterocycles. The largest absolute Gasteiger partial charge is 0.491 e. The molecule has 21 heavy (non-hydrogen) atoms. The fourth-order valence-corrected chi connectivity index (χ4v) is 1.88. The van der Waals surface area contributed by atoms with Crippen molar-refractivity contribution in [2.45, 2.75) is 26.0 Å². The Hall–Kier alpha value is -1.96. The topological polar surface area (TPSA) is 105 Å². The SMILES string of the molecule is CC(C)NCC(O)COc1ccc2cnnc(NN)c2c1. The minimum absolute atomic E-state index is 0.217. The Morgan fingerprint density at radius 3 is 2.90 bits per heavy atom. The predicted octanol–water partition coefficient (Wildman–Crippen LogP) is 0.653. The van der Waals surface area contributed by atoms with Gasteiger partial charge in [0.2, 0.25) is 0 Å². The summed E-state index contributed by atoms with van der Waals surface area (Å²) < 4.78 is 5.60. The second-order valence-corrected chi connectivity index (χ2v) is 5.11. The fourth-order valence-electron chi connectivity index (χ4n) is 1.88. The van der Waals surface area contributed by atoms with E-state index in [1.165, 1.54) is 0 Å². The molecular formula is C14H21N5O2. The van der Waals surface area contributed by atoms with Crippen molar-refractivity contribution in [3.05, 3.63) is 24.4 Å². The number of hydrazine groups is 1. The van der Waals surface area contributed by atoms with Gasteiger partial charge in [0.1, 0.15) is 18.5 Å². The van der Waals surface area contributed by atoms with Gasteiger partial charge in [-0.2, -0.15) is 5.10 Å². The van der Waals surface area contributed by atoms with E-state index in [0.29, 0.717) is 24.2 Å². The van der Waals surface area contributed by atoms with Crippen molar-refractivity contribution >= 4 is 16.6 Å². The highest BCUT2D eigenvalue weighted by atomic mass is 16.5. The standard InChI is InChI=1S/C14H21N5O2/c1-9(2)16-7-11(20)8-21-12-4-3-10-6-17-19-14(18-15)13(10)5-12/h3-6,9,11,16,20H,7-8,15H2,1-2H3,(H,18,19). The number of aliphatic hydroxyl groups is 1. The van der Waals surface area contributed by atoms with Gasteiger partial charge in [-0.15, -0.1) is 5.10 Å². The van der Waals surface area contributed by atoms with Crippen LogP contribution >= 0.6 is 0 Å². The highest BCUT2D eigenvalue weighted by Gasteiger charge is 2.08. The van der Waals surface area contributed by atoms with Gasteiger partial charge in [-0.1, -0.05) is 13.8 Å². The summed E-state index contributed by atoms with van der Waals surface area (Å²) in [5, 5.41) is 22.5. The molecule has 0 aliphatic carbocycles. The van der Waals surface area contributed by atoms with Gasteiger partial charge >= 0.3 is 0 Å². The van der Waals surface area contributed by atoms with Crippen LogP contribution in [0.5, 0.6) is 5.75 Å². The molecule has 114 valence electrons. The average molecular weight is 291 g/mol. The number of nitrogens with two attached hydrogens (primary N) is 1. The molecule has 1 aromatic carbocycles. The van der Waals surface area contributed by atoms with E-state index in [0.717, 1.165) is 10.8 Å². The van der Waals surface area contributed by atoms with Crippen LogP contribution in [-0.4, -0.2) is 40.6 Å². The third kappa shape index (κ3) is 4.25. The summed E-state index contributed by atoms with van der Waals surface area (Å²) in [6.07, 6.45) is 1.09. The Balaban J connectivity index is 2.02. The highest BCUT2D eigenvalue weighted by molar-refractivity contribution is 5.91. The van der Waals surface area contributed by atoms with Gasteiger partial charge in [0.25, 0.3) is 0 Å². The summed E-state index contributed by atoms with van der Waals surface area (Å²) >= 11 is 0. The van der Waals surface area contributed by atoms with Gasteiger partial charge < -0.3 is 20.6 Å². The Bertz CT molecular complexity index is 591. The number of ether oxygens (including phenoxy) is 1. The van der Waals surface area contributed by atoms with Crippen molar-refractivity contribution in [3.8, 4) is 5.75 Å². The number of benzene rings is 1. The first-order chi connectivity index (χ1) is 10.1. The van der Waals surface area contributed by atoms with E-state index >= 15 is 0 Å². The molecule has 0 amide bonds. The summed E-state index contributed by atoms with van der Waals surface area (Å²) in [6, 6.07) is 5.85. The number of nitrogens with one attached hydrogen (secondary N) is 2. The van der Waals surface area contributed by atoms with E-state index in [9.17, 15) is 5.11 Å². The van der Waals surface area contributed by atoms with Gasteiger partial charge in [-0.25, -0.2) is 5.84 Å². The van der Waals surface area contributed by atoms with Crippen molar-refractivity contribution in [1.29, 1.82) is 0 Å². The summed E-state index contributed by atoms with van der Waals surface area (Å²) in [7, 11) is 0. The zero-order valence-corrected chi connectivity index (χ0v) is 12.2. The van der Waals surface area contributed by atoms with Gasteiger partial charge in [0.05, 0.1) is 6.20 Å². The van der Waals surface area contributed by atoms with E-state index in [-0.39, 0.29) is 6.61 Å². The molecule has 0 saturated carbocycles. The number of nitrogens with zero attached hydrogens (tertiary/aromatic N) is 2. The monoisotopic (exact) mass is 291 g/mol. The van der Waals surface area contributed by atoms with E-state index in [1.807, 2.05) is 32.0 Å². The lowest BCUT2D eigenvalue weighted by molar-refractivity contribution is 0.105. The molecule has 2 rings (SSSR count). The third-order valence-electron chi connectivity index (χ3n) is 2.98. The molecule has 0 saturated heterocycles. The van der Waals surface area contributed by atoms with Crippen LogP contribution in [0.25, 0.3) is 10.8 Å². The fraction of sp³-hybridized carbons (Fsp3) is 0.429. The van der Waals surface area contributed by atoms with Crippen molar-refractivity contribution in [2.75, 3.05) is 18.6 Å². The Morgan fingerprint density at radius 1 is 1.38 bits per heavy atom. The van der Waals surface area contributed by atoms with E-state index in [4.69, 9.17) is 10.6 Å². The molecule has 1 atom stereocenters. The molecule has 1 aromatic heterocycles. The number of anilines is 1. The zero-order chi connectivity index (χ0) is 15.2. The number of hydrogen-bond acceptors (Lipinski definition) is 7. The third-order valence-corrected chi connectivity index (χ3v) is 2.98. The maximum atomic E-state index is 9.83. The number of rotatable bonds is 7. The van der Waals surface area contributed by atoms with Gasteiger partial charge in [0, 0.05) is 23.4 Å². The van der Waals surface area contributed by atoms with Crippen molar-refractivity contribution < 1.29 is 9.84 Å². The molecule has 7 heteroatoms. The van der Waals surface area contributed by atoms with Crippen LogP contribution in [0.1, 0.15) is 13.8 Å². The van der Waals surface area contributed by atoms with Crippen LogP contribution in [0.4, 0.5) is 5.82 Å². The maximum absolute atomic E-state index is 9.83. The number of nitrogen functional groups attached to an aromatic ring is 1. The Kier molecular flexibility index (Phi) is 5.26. The molecule has 0 spiro atoms. The molecule has 7 nitrogen and oxygen atoms in total. The first-order valence-electron chi connectivity index (χ1n) is 6.86. The van der Waals surface area contributed by atoms with E-state index < -0.39 is 6.10 Å². The summed E-state index contributed by atoms with van der Waals surface area (Å²) in [4.78, 5) is 0. The smallest absolute Gasteiger partial charge is 0.170 e. The first-order valence-corrected chi connectivity index (χ1v) is 6.86. The van der Waals surface area contributed by atoms with E-state index in [1.54, 1.807) is 6.20 Å².